The minimum atomic E-state index is -2.27. The van der Waals surface area contributed by atoms with E-state index in [2.05, 4.69) is 5.92 Å². The second-order valence-corrected chi connectivity index (χ2v) is 5.92. The van der Waals surface area contributed by atoms with Gasteiger partial charge in [0.1, 0.15) is 0 Å². The van der Waals surface area contributed by atoms with Crippen LogP contribution in [0, 0.1) is 12.3 Å². The molecule has 2 unspecified atom stereocenters. The molecule has 4 heteroatoms. The van der Waals surface area contributed by atoms with Crippen molar-refractivity contribution in [3.05, 3.63) is 0 Å². The minimum Gasteiger partial charge on any atom is -0.289 e. The van der Waals surface area contributed by atoms with Gasteiger partial charge in [-0.1, -0.05) is 5.92 Å². The molecule has 62 valence electrons. The zero-order valence-electron chi connectivity index (χ0n) is 7.11. The summed E-state index contributed by atoms with van der Waals surface area (Å²) < 4.78 is 15.4. The summed E-state index contributed by atoms with van der Waals surface area (Å²) in [6, 6.07) is 0.0100. The first-order valence-electron chi connectivity index (χ1n) is 3.48. The molecule has 0 aromatic heterocycles. The standard InChI is InChI=1S/C7H13N2OP/c1-5-7-6-8(2)11(4,10)9(7)3/h1,7H,6H2,2-4H3. The summed E-state index contributed by atoms with van der Waals surface area (Å²) >= 11 is 0. The number of rotatable bonds is 0. The van der Waals surface area contributed by atoms with Crippen molar-refractivity contribution in [2.45, 2.75) is 6.04 Å². The highest BCUT2D eigenvalue weighted by Gasteiger charge is 2.39. The third kappa shape index (κ3) is 1.22. The predicted octanol–water partition coefficient (Wildman–Crippen LogP) is 0.688. The van der Waals surface area contributed by atoms with Crippen LogP contribution in [0.25, 0.3) is 0 Å². The van der Waals surface area contributed by atoms with Crippen LogP contribution in [-0.2, 0) is 4.57 Å². The van der Waals surface area contributed by atoms with Gasteiger partial charge < -0.3 is 0 Å². The fourth-order valence-corrected chi connectivity index (χ4v) is 2.78. The van der Waals surface area contributed by atoms with Crippen LogP contribution in [0.15, 0.2) is 0 Å². The van der Waals surface area contributed by atoms with Gasteiger partial charge in [0.15, 0.2) is 0 Å². The van der Waals surface area contributed by atoms with Crippen molar-refractivity contribution in [3.8, 4) is 12.3 Å². The summed E-state index contributed by atoms with van der Waals surface area (Å²) in [5, 5.41) is 0. The third-order valence-corrected chi connectivity index (χ3v) is 5.18. The van der Waals surface area contributed by atoms with E-state index in [4.69, 9.17) is 6.42 Å². The molecule has 0 N–H and O–H groups in total. The quantitative estimate of drug-likeness (QED) is 0.396. The molecule has 1 saturated heterocycles. The first-order chi connectivity index (χ1) is 5.00. The van der Waals surface area contributed by atoms with Crippen molar-refractivity contribution < 1.29 is 4.57 Å². The van der Waals surface area contributed by atoms with Gasteiger partial charge in [-0.3, -0.25) is 4.57 Å². The van der Waals surface area contributed by atoms with Gasteiger partial charge in [0.2, 0.25) is 7.44 Å². The Morgan fingerprint density at radius 3 is 2.36 bits per heavy atom. The van der Waals surface area contributed by atoms with Gasteiger partial charge in [0.05, 0.1) is 6.04 Å². The zero-order valence-corrected chi connectivity index (χ0v) is 8.01. The molecule has 0 aromatic carbocycles. The van der Waals surface area contributed by atoms with Gasteiger partial charge in [-0.05, 0) is 14.1 Å². The van der Waals surface area contributed by atoms with E-state index in [1.165, 1.54) is 0 Å². The van der Waals surface area contributed by atoms with Gasteiger partial charge in [-0.25, -0.2) is 9.34 Å². The molecule has 0 aliphatic carbocycles. The van der Waals surface area contributed by atoms with Crippen LogP contribution >= 0.6 is 7.44 Å². The van der Waals surface area contributed by atoms with Gasteiger partial charge in [-0.15, -0.1) is 6.42 Å². The van der Waals surface area contributed by atoms with Crippen molar-refractivity contribution in [3.63, 3.8) is 0 Å². The molecule has 1 fully saturated rings. The molecule has 2 atom stereocenters. The van der Waals surface area contributed by atoms with E-state index < -0.39 is 7.44 Å². The van der Waals surface area contributed by atoms with Crippen LogP contribution in [0.4, 0.5) is 0 Å². The molecule has 1 heterocycles. The summed E-state index contributed by atoms with van der Waals surface area (Å²) in [4.78, 5) is 0. The molecule has 3 nitrogen and oxygen atoms in total. The molecule has 1 rings (SSSR count). The largest absolute Gasteiger partial charge is 0.289 e. The summed E-state index contributed by atoms with van der Waals surface area (Å²) in [5.41, 5.74) is 0. The van der Waals surface area contributed by atoms with Crippen LogP contribution < -0.4 is 0 Å². The van der Waals surface area contributed by atoms with Crippen LogP contribution in [-0.4, -0.2) is 42.7 Å². The third-order valence-electron chi connectivity index (χ3n) is 2.30. The first-order valence-corrected chi connectivity index (χ1v) is 5.54. The molecule has 0 amide bonds. The lowest BCUT2D eigenvalue weighted by Crippen LogP contribution is -2.22. The lowest BCUT2D eigenvalue weighted by molar-refractivity contribution is 0.471. The van der Waals surface area contributed by atoms with Crippen molar-refractivity contribution in [2.24, 2.45) is 0 Å². The summed E-state index contributed by atoms with van der Waals surface area (Å²) in [6.45, 7) is 2.45. The molecule has 0 spiro atoms. The summed E-state index contributed by atoms with van der Waals surface area (Å²) in [6.07, 6.45) is 5.27. The van der Waals surface area contributed by atoms with Crippen molar-refractivity contribution >= 4 is 7.44 Å². The fourth-order valence-electron chi connectivity index (χ4n) is 1.18. The van der Waals surface area contributed by atoms with Gasteiger partial charge >= 0.3 is 0 Å². The highest BCUT2D eigenvalue weighted by molar-refractivity contribution is 7.58. The Labute approximate surface area is 67.8 Å². The van der Waals surface area contributed by atoms with E-state index in [0.717, 1.165) is 0 Å². The SMILES string of the molecule is C#CC1CN(C)P(C)(=O)N1C. The number of hydrogen-bond acceptors (Lipinski definition) is 1. The normalized spacial score (nSPS) is 40.7. The minimum absolute atomic E-state index is 0.0100. The van der Waals surface area contributed by atoms with E-state index in [1.807, 2.05) is 18.8 Å². The highest BCUT2D eigenvalue weighted by Crippen LogP contribution is 2.53. The van der Waals surface area contributed by atoms with E-state index in [0.29, 0.717) is 6.54 Å². The van der Waals surface area contributed by atoms with Crippen LogP contribution in [0.1, 0.15) is 0 Å². The second kappa shape index (κ2) is 2.64. The van der Waals surface area contributed by atoms with E-state index >= 15 is 0 Å². The lowest BCUT2D eigenvalue weighted by atomic mass is 10.3. The molecular weight excluding hydrogens is 159 g/mol. The Balaban J connectivity index is 2.91. The van der Waals surface area contributed by atoms with Gasteiger partial charge in [0, 0.05) is 13.2 Å². The maximum atomic E-state index is 11.8. The van der Waals surface area contributed by atoms with E-state index in [9.17, 15) is 4.57 Å². The van der Waals surface area contributed by atoms with E-state index in [1.54, 1.807) is 11.3 Å². The molecule has 0 radical (unpaired) electrons. The number of nitrogens with zero attached hydrogens (tertiary/aromatic N) is 2. The Bertz CT molecular complexity index is 245. The molecule has 11 heavy (non-hydrogen) atoms. The van der Waals surface area contributed by atoms with Gasteiger partial charge in [0.25, 0.3) is 0 Å². The molecule has 0 bridgehead atoms. The van der Waals surface area contributed by atoms with Crippen molar-refractivity contribution in [1.29, 1.82) is 0 Å². The Morgan fingerprint density at radius 2 is 2.18 bits per heavy atom. The molecule has 0 saturated carbocycles. The molecule has 0 aromatic rings. The fraction of sp³-hybridized carbons (Fsp3) is 0.714. The second-order valence-electron chi connectivity index (χ2n) is 2.93. The zero-order chi connectivity index (χ0) is 8.65. The van der Waals surface area contributed by atoms with Crippen LogP contribution in [0.5, 0.6) is 0 Å². The molecule has 1 aliphatic rings. The van der Waals surface area contributed by atoms with Gasteiger partial charge in [-0.2, -0.15) is 0 Å². The number of likely N-dealkylation sites (N-methyl/N-ethyl adjacent to an activating group) is 2. The van der Waals surface area contributed by atoms with Crippen molar-refractivity contribution in [1.82, 2.24) is 9.34 Å². The average molecular weight is 172 g/mol. The number of hydrogen-bond donors (Lipinski definition) is 0. The monoisotopic (exact) mass is 172 g/mol. The Morgan fingerprint density at radius 1 is 1.64 bits per heavy atom. The predicted molar refractivity (Wildman–Crippen MR) is 46.5 cm³/mol. The first kappa shape index (κ1) is 8.80. The van der Waals surface area contributed by atoms with Crippen molar-refractivity contribution in [2.75, 3.05) is 27.3 Å². The number of terminal acetylenes is 1. The smallest absolute Gasteiger partial charge is 0.214 e. The summed E-state index contributed by atoms with van der Waals surface area (Å²) in [5.74, 6) is 2.61. The lowest BCUT2D eigenvalue weighted by Gasteiger charge is -2.21. The topological polar surface area (TPSA) is 23.6 Å². The van der Waals surface area contributed by atoms with E-state index in [-0.39, 0.29) is 6.04 Å². The van der Waals surface area contributed by atoms with Crippen LogP contribution in [0.3, 0.4) is 0 Å². The molecule has 1 aliphatic heterocycles. The maximum Gasteiger partial charge on any atom is 0.214 e. The van der Waals surface area contributed by atoms with Crippen LogP contribution in [0.2, 0.25) is 0 Å². The summed E-state index contributed by atoms with van der Waals surface area (Å²) in [7, 11) is 1.38. The average Bonchev–Trinajstić information content (AvgIpc) is 2.14. The molecular formula is C7H13N2OP. The maximum absolute atomic E-state index is 11.8. The highest BCUT2D eigenvalue weighted by atomic mass is 31.2. The Hall–Kier alpha value is -0.290. The Kier molecular flexibility index (Phi) is 2.11.